The van der Waals surface area contributed by atoms with Crippen LogP contribution in [0.4, 0.5) is 8.78 Å². The minimum atomic E-state index is -2.90. The van der Waals surface area contributed by atoms with Gasteiger partial charge in [0.05, 0.1) is 0 Å². The van der Waals surface area contributed by atoms with E-state index in [-0.39, 0.29) is 18.1 Å². The second kappa shape index (κ2) is 8.99. The Hall–Kier alpha value is -3.41. The smallest absolute Gasteiger partial charge is 0.387 e. The molecule has 0 aliphatic rings. The van der Waals surface area contributed by atoms with Crippen molar-refractivity contribution in [2.75, 3.05) is 0 Å². The molecule has 3 rings (SSSR count). The number of aryl methyl sites for hydroxylation is 1. The summed E-state index contributed by atoms with van der Waals surface area (Å²) >= 11 is 0. The van der Waals surface area contributed by atoms with E-state index in [0.717, 1.165) is 11.3 Å². The fourth-order valence-electron chi connectivity index (χ4n) is 2.48. The number of carbonyl (C=O) groups excluding carboxylic acids is 1. The van der Waals surface area contributed by atoms with Crippen LogP contribution in [0.1, 0.15) is 27.4 Å². The number of hydrogen-bond acceptors (Lipinski definition) is 4. The monoisotopic (exact) mass is 384 g/mol. The van der Waals surface area contributed by atoms with Crippen molar-refractivity contribution in [1.29, 1.82) is 0 Å². The van der Waals surface area contributed by atoms with Crippen molar-refractivity contribution < 1.29 is 27.5 Å². The Bertz CT molecular complexity index is 959. The molecule has 0 saturated heterocycles. The molecule has 28 heavy (non-hydrogen) atoms. The molecule has 0 atom stereocenters. The van der Waals surface area contributed by atoms with E-state index >= 15 is 0 Å². The van der Waals surface area contributed by atoms with E-state index in [1.54, 1.807) is 18.2 Å². The number of halogens is 2. The van der Waals surface area contributed by atoms with E-state index in [1.807, 2.05) is 31.2 Å². The first-order chi connectivity index (χ1) is 13.5. The molecule has 3 aromatic rings. The molecule has 0 N–H and O–H groups in total. The lowest BCUT2D eigenvalue weighted by atomic mass is 10.1. The van der Waals surface area contributed by atoms with Gasteiger partial charge in [-0.3, -0.25) is 4.79 Å². The van der Waals surface area contributed by atoms with Gasteiger partial charge in [-0.1, -0.05) is 18.2 Å². The maximum absolute atomic E-state index is 12.2. The van der Waals surface area contributed by atoms with Gasteiger partial charge in [0.2, 0.25) is 0 Å². The van der Waals surface area contributed by atoms with E-state index in [2.05, 4.69) is 4.74 Å². The number of ether oxygens (including phenoxy) is 2. The number of rotatable bonds is 8. The minimum absolute atomic E-state index is 0.000131. The topological polar surface area (TPSA) is 48.7 Å². The first-order valence-corrected chi connectivity index (χ1v) is 8.56. The molecule has 0 fully saturated rings. The summed E-state index contributed by atoms with van der Waals surface area (Å²) in [6.07, 6.45) is 2.90. The summed E-state index contributed by atoms with van der Waals surface area (Å²) in [5.41, 5.74) is 1.39. The average Bonchev–Trinajstić information content (AvgIpc) is 3.13. The van der Waals surface area contributed by atoms with Crippen LogP contribution >= 0.6 is 0 Å². The fraction of sp³-hybridized carbons (Fsp3) is 0.136. The lowest BCUT2D eigenvalue weighted by molar-refractivity contribution is -0.0498. The van der Waals surface area contributed by atoms with E-state index in [1.165, 1.54) is 30.3 Å². The van der Waals surface area contributed by atoms with Gasteiger partial charge in [0.15, 0.2) is 5.78 Å². The minimum Gasteiger partial charge on any atom is -0.485 e. The largest absolute Gasteiger partial charge is 0.485 e. The summed E-state index contributed by atoms with van der Waals surface area (Å²) in [5, 5.41) is 0. The third kappa shape index (κ3) is 5.30. The number of carbonyl (C=O) groups is 1. The summed E-state index contributed by atoms with van der Waals surface area (Å²) in [5.74, 6) is 1.64. The molecule has 0 aliphatic carbocycles. The Kier molecular flexibility index (Phi) is 6.22. The van der Waals surface area contributed by atoms with Crippen molar-refractivity contribution in [3.8, 4) is 11.5 Å². The number of furan rings is 1. The molecule has 0 bridgehead atoms. The molecule has 0 unspecified atom stereocenters. The number of hydrogen-bond donors (Lipinski definition) is 0. The van der Waals surface area contributed by atoms with Crippen LogP contribution in [-0.4, -0.2) is 12.4 Å². The highest BCUT2D eigenvalue weighted by Gasteiger charge is 2.07. The molecule has 4 nitrogen and oxygen atoms in total. The first-order valence-electron chi connectivity index (χ1n) is 8.56. The van der Waals surface area contributed by atoms with Crippen LogP contribution in [-0.2, 0) is 6.61 Å². The highest BCUT2D eigenvalue weighted by atomic mass is 19.3. The zero-order chi connectivity index (χ0) is 19.9. The van der Waals surface area contributed by atoms with Crippen molar-refractivity contribution in [2.24, 2.45) is 0 Å². The maximum Gasteiger partial charge on any atom is 0.387 e. The number of benzene rings is 2. The van der Waals surface area contributed by atoms with Crippen molar-refractivity contribution >= 4 is 11.9 Å². The molecule has 0 aliphatic heterocycles. The van der Waals surface area contributed by atoms with E-state index in [4.69, 9.17) is 9.15 Å². The van der Waals surface area contributed by atoms with Gasteiger partial charge in [0, 0.05) is 5.56 Å². The van der Waals surface area contributed by atoms with Crippen LogP contribution < -0.4 is 9.47 Å². The molecule has 0 radical (unpaired) electrons. The lowest BCUT2D eigenvalue weighted by Crippen LogP contribution is -2.02. The fourth-order valence-corrected chi connectivity index (χ4v) is 2.48. The van der Waals surface area contributed by atoms with E-state index < -0.39 is 6.61 Å². The van der Waals surface area contributed by atoms with Gasteiger partial charge in [-0.05, 0) is 67.1 Å². The predicted molar refractivity (Wildman–Crippen MR) is 101 cm³/mol. The molecular weight excluding hydrogens is 366 g/mol. The Balaban J connectivity index is 1.57. The van der Waals surface area contributed by atoms with Gasteiger partial charge in [-0.25, -0.2) is 0 Å². The van der Waals surface area contributed by atoms with Crippen LogP contribution in [0.2, 0.25) is 0 Å². The maximum atomic E-state index is 12.2. The van der Waals surface area contributed by atoms with E-state index in [9.17, 15) is 13.6 Å². The third-order valence-corrected chi connectivity index (χ3v) is 3.91. The standard InChI is InChI=1S/C22H18F2O4/c1-15-4-2-3-5-21(15)26-14-19-11-10-17(27-19)12-13-20(25)16-6-8-18(9-7-16)28-22(23)24/h2-13,22H,14H2,1H3/b13-12+. The van der Waals surface area contributed by atoms with Crippen molar-refractivity contribution in [3.05, 3.63) is 89.4 Å². The van der Waals surface area contributed by atoms with Gasteiger partial charge < -0.3 is 13.9 Å². The van der Waals surface area contributed by atoms with Crippen LogP contribution in [0.3, 0.4) is 0 Å². The molecular formula is C22H18F2O4. The Labute approximate surface area is 161 Å². The second-order valence-corrected chi connectivity index (χ2v) is 5.96. The molecule has 1 heterocycles. The third-order valence-electron chi connectivity index (χ3n) is 3.91. The Morgan fingerprint density at radius 3 is 2.54 bits per heavy atom. The summed E-state index contributed by atoms with van der Waals surface area (Å²) in [6, 6.07) is 16.7. The van der Waals surface area contributed by atoms with Gasteiger partial charge >= 0.3 is 6.61 Å². The number of allylic oxidation sites excluding steroid dienone is 1. The van der Waals surface area contributed by atoms with Crippen LogP contribution in [0.15, 0.2) is 71.2 Å². The summed E-state index contributed by atoms with van der Waals surface area (Å²) in [7, 11) is 0. The number of alkyl halides is 2. The van der Waals surface area contributed by atoms with Gasteiger partial charge in [-0.2, -0.15) is 8.78 Å². The Morgan fingerprint density at radius 1 is 1.07 bits per heavy atom. The summed E-state index contributed by atoms with van der Waals surface area (Å²) in [6.45, 7) is -0.661. The van der Waals surface area contributed by atoms with Gasteiger partial charge in [0.1, 0.15) is 29.6 Å². The quantitative estimate of drug-likeness (QED) is 0.371. The first kappa shape index (κ1) is 19.4. The van der Waals surface area contributed by atoms with Crippen molar-refractivity contribution in [3.63, 3.8) is 0 Å². The van der Waals surface area contributed by atoms with E-state index in [0.29, 0.717) is 17.1 Å². The lowest BCUT2D eigenvalue weighted by Gasteiger charge is -2.06. The molecule has 0 spiro atoms. The predicted octanol–water partition coefficient (Wildman–Crippen LogP) is 5.66. The van der Waals surface area contributed by atoms with Crippen LogP contribution in [0.5, 0.6) is 11.5 Å². The van der Waals surface area contributed by atoms with Gasteiger partial charge in [-0.15, -0.1) is 0 Å². The molecule has 144 valence electrons. The molecule has 0 amide bonds. The zero-order valence-corrected chi connectivity index (χ0v) is 15.1. The second-order valence-electron chi connectivity index (χ2n) is 5.96. The molecule has 2 aromatic carbocycles. The van der Waals surface area contributed by atoms with Crippen LogP contribution in [0, 0.1) is 6.92 Å². The zero-order valence-electron chi connectivity index (χ0n) is 15.1. The highest BCUT2D eigenvalue weighted by molar-refractivity contribution is 6.06. The Morgan fingerprint density at radius 2 is 1.82 bits per heavy atom. The number of ketones is 1. The van der Waals surface area contributed by atoms with Gasteiger partial charge in [0.25, 0.3) is 0 Å². The SMILES string of the molecule is Cc1ccccc1OCc1ccc(/C=C/C(=O)c2ccc(OC(F)F)cc2)o1. The number of para-hydroxylation sites is 1. The van der Waals surface area contributed by atoms with Crippen molar-refractivity contribution in [1.82, 2.24) is 0 Å². The molecule has 0 saturated carbocycles. The summed E-state index contributed by atoms with van der Waals surface area (Å²) in [4.78, 5) is 12.2. The normalized spacial score (nSPS) is 11.1. The van der Waals surface area contributed by atoms with Crippen molar-refractivity contribution in [2.45, 2.75) is 20.1 Å². The summed E-state index contributed by atoms with van der Waals surface area (Å²) < 4.78 is 39.9. The average molecular weight is 384 g/mol. The molecule has 6 heteroatoms. The van der Waals surface area contributed by atoms with Crippen LogP contribution in [0.25, 0.3) is 6.08 Å². The molecule has 1 aromatic heterocycles. The highest BCUT2D eigenvalue weighted by Crippen LogP contribution is 2.19.